The highest BCUT2D eigenvalue weighted by Gasteiger charge is 2.37. The van der Waals surface area contributed by atoms with Crippen molar-refractivity contribution in [3.8, 4) is 11.5 Å². The molecule has 0 unspecified atom stereocenters. The van der Waals surface area contributed by atoms with E-state index in [0.29, 0.717) is 26.3 Å². The van der Waals surface area contributed by atoms with Gasteiger partial charge in [-0.15, -0.1) is 0 Å². The summed E-state index contributed by atoms with van der Waals surface area (Å²) in [5.74, 6) is 1.21. The van der Waals surface area contributed by atoms with Gasteiger partial charge in [-0.2, -0.15) is 0 Å². The summed E-state index contributed by atoms with van der Waals surface area (Å²) in [7, 11) is 0. The normalized spacial score (nSPS) is 16.3. The molecule has 0 radical (unpaired) electrons. The van der Waals surface area contributed by atoms with E-state index in [1.807, 2.05) is 31.2 Å². The molecule has 1 N–H and O–H groups in total. The average molecular weight is 459 g/mol. The smallest absolute Gasteiger partial charge is 0.263 e. The molecule has 6 nitrogen and oxygen atoms in total. The number of nitrogens with zero attached hydrogens (tertiary/aromatic N) is 1. The molecule has 1 saturated carbocycles. The molecule has 1 aliphatic heterocycles. The second-order valence-electron chi connectivity index (χ2n) is 9.37. The second-order valence-corrected chi connectivity index (χ2v) is 9.37. The Morgan fingerprint density at radius 2 is 1.79 bits per heavy atom. The molecule has 0 atom stereocenters. The van der Waals surface area contributed by atoms with E-state index in [1.165, 1.54) is 0 Å². The number of amides is 1. The minimum absolute atomic E-state index is 0.166. The van der Waals surface area contributed by atoms with E-state index < -0.39 is 0 Å². The monoisotopic (exact) mass is 458 g/mol. The fourth-order valence-electron chi connectivity index (χ4n) is 5.18. The number of aromatic nitrogens is 1. The van der Waals surface area contributed by atoms with Crippen molar-refractivity contribution in [2.24, 2.45) is 0 Å². The molecule has 0 bridgehead atoms. The summed E-state index contributed by atoms with van der Waals surface area (Å²) in [4.78, 5) is 26.2. The van der Waals surface area contributed by atoms with Gasteiger partial charge in [0.1, 0.15) is 18.8 Å². The number of aryl methyl sites for hydroxylation is 1. The Kier molecular flexibility index (Phi) is 6.14. The van der Waals surface area contributed by atoms with Crippen LogP contribution in [0.4, 0.5) is 0 Å². The fraction of sp³-hybridized carbons (Fsp3) is 0.357. The molecule has 1 fully saturated rings. The summed E-state index contributed by atoms with van der Waals surface area (Å²) in [6.45, 7) is 4.05. The van der Waals surface area contributed by atoms with Gasteiger partial charge in [0.15, 0.2) is 11.5 Å². The number of hydrogen-bond acceptors (Lipinski definition) is 4. The highest BCUT2D eigenvalue weighted by atomic mass is 16.6. The number of pyridine rings is 1. The van der Waals surface area contributed by atoms with Crippen LogP contribution < -0.4 is 20.3 Å². The highest BCUT2D eigenvalue weighted by molar-refractivity contribution is 5.93. The van der Waals surface area contributed by atoms with Gasteiger partial charge < -0.3 is 19.4 Å². The van der Waals surface area contributed by atoms with Crippen LogP contribution in [0.15, 0.2) is 65.6 Å². The number of ether oxygens (including phenoxy) is 2. The van der Waals surface area contributed by atoms with Crippen LogP contribution in [0.5, 0.6) is 11.5 Å². The first-order valence-corrected chi connectivity index (χ1v) is 12.0. The molecule has 1 aromatic heterocycles. The lowest BCUT2D eigenvalue weighted by molar-refractivity contribution is 0.0941. The Balaban J connectivity index is 1.34. The van der Waals surface area contributed by atoms with E-state index in [9.17, 15) is 9.59 Å². The minimum Gasteiger partial charge on any atom is -0.486 e. The number of rotatable bonds is 6. The standard InChI is InChI=1S/C28H30N2O4/c1-20-6-4-7-21(16-20)18-30-13-5-8-23(27(30)32)26(31)29-19-28(11-2-3-12-28)22-9-10-24-25(17-22)34-15-14-33-24/h4-10,13,16-17H,2-3,11-12,14-15,18-19H2,1H3,(H,29,31). The van der Waals surface area contributed by atoms with Gasteiger partial charge in [-0.25, -0.2) is 0 Å². The molecular formula is C28H30N2O4. The lowest BCUT2D eigenvalue weighted by atomic mass is 9.78. The maximum absolute atomic E-state index is 13.1. The van der Waals surface area contributed by atoms with E-state index >= 15 is 0 Å². The molecule has 2 heterocycles. The minimum atomic E-state index is -0.326. The summed E-state index contributed by atoms with van der Waals surface area (Å²) >= 11 is 0. The van der Waals surface area contributed by atoms with Crippen molar-refractivity contribution in [3.63, 3.8) is 0 Å². The summed E-state index contributed by atoms with van der Waals surface area (Å²) < 4.78 is 13.1. The quantitative estimate of drug-likeness (QED) is 0.601. The molecule has 34 heavy (non-hydrogen) atoms. The first-order chi connectivity index (χ1) is 16.5. The lowest BCUT2D eigenvalue weighted by Gasteiger charge is -2.31. The molecule has 5 rings (SSSR count). The van der Waals surface area contributed by atoms with Crippen LogP contribution in [0.3, 0.4) is 0 Å². The maximum Gasteiger partial charge on any atom is 0.263 e. The van der Waals surface area contributed by atoms with E-state index in [-0.39, 0.29) is 22.4 Å². The van der Waals surface area contributed by atoms with E-state index in [2.05, 4.69) is 23.5 Å². The van der Waals surface area contributed by atoms with Crippen LogP contribution in [0.2, 0.25) is 0 Å². The van der Waals surface area contributed by atoms with Crippen molar-refractivity contribution in [1.29, 1.82) is 0 Å². The van der Waals surface area contributed by atoms with Crippen molar-refractivity contribution in [1.82, 2.24) is 9.88 Å². The Labute approximate surface area is 199 Å². The predicted molar refractivity (Wildman–Crippen MR) is 131 cm³/mol. The molecule has 2 aliphatic rings. The van der Waals surface area contributed by atoms with Crippen LogP contribution in [-0.4, -0.2) is 30.2 Å². The molecule has 176 valence electrons. The molecule has 3 aromatic rings. The number of nitrogens with one attached hydrogen (secondary N) is 1. The molecule has 6 heteroatoms. The van der Waals surface area contributed by atoms with Crippen molar-refractivity contribution >= 4 is 5.91 Å². The molecule has 0 saturated heterocycles. The largest absolute Gasteiger partial charge is 0.486 e. The summed E-state index contributed by atoms with van der Waals surface area (Å²) in [6, 6.07) is 17.5. The molecule has 1 amide bonds. The predicted octanol–water partition coefficient (Wildman–Crippen LogP) is 4.22. The van der Waals surface area contributed by atoms with Crippen LogP contribution in [0.1, 0.15) is 52.7 Å². The van der Waals surface area contributed by atoms with Gasteiger partial charge in [0.2, 0.25) is 0 Å². The van der Waals surface area contributed by atoms with Gasteiger partial charge in [0.25, 0.3) is 11.5 Å². The number of fused-ring (bicyclic) bond motifs is 1. The number of carbonyl (C=O) groups is 1. The summed E-state index contributed by atoms with van der Waals surface area (Å²) in [5.41, 5.74) is 3.05. The van der Waals surface area contributed by atoms with Gasteiger partial charge in [-0.05, 0) is 55.2 Å². The third-order valence-corrected chi connectivity index (χ3v) is 7.00. The van der Waals surface area contributed by atoms with Crippen LogP contribution in [0.25, 0.3) is 0 Å². The zero-order chi connectivity index (χ0) is 23.5. The Bertz CT molecular complexity index is 1260. The van der Waals surface area contributed by atoms with E-state index in [0.717, 1.165) is 53.9 Å². The first kappa shape index (κ1) is 22.3. The van der Waals surface area contributed by atoms with Crippen molar-refractivity contribution in [2.45, 2.75) is 44.6 Å². The van der Waals surface area contributed by atoms with Crippen LogP contribution in [0, 0.1) is 6.92 Å². The molecular weight excluding hydrogens is 428 g/mol. The maximum atomic E-state index is 13.1. The van der Waals surface area contributed by atoms with Crippen LogP contribution >= 0.6 is 0 Å². The van der Waals surface area contributed by atoms with Gasteiger partial charge in [-0.3, -0.25) is 9.59 Å². The van der Waals surface area contributed by atoms with Crippen molar-refractivity contribution < 1.29 is 14.3 Å². The molecule has 2 aromatic carbocycles. The lowest BCUT2D eigenvalue weighted by Crippen LogP contribution is -2.41. The molecule has 0 spiro atoms. The Morgan fingerprint density at radius 1 is 1.00 bits per heavy atom. The number of benzene rings is 2. The van der Waals surface area contributed by atoms with E-state index in [1.54, 1.807) is 22.9 Å². The van der Waals surface area contributed by atoms with Gasteiger partial charge in [0, 0.05) is 18.2 Å². The van der Waals surface area contributed by atoms with E-state index in [4.69, 9.17) is 9.47 Å². The third-order valence-electron chi connectivity index (χ3n) is 7.00. The zero-order valence-corrected chi connectivity index (χ0v) is 19.5. The second kappa shape index (κ2) is 9.37. The van der Waals surface area contributed by atoms with Gasteiger partial charge in [0.05, 0.1) is 6.54 Å². The van der Waals surface area contributed by atoms with Crippen molar-refractivity contribution in [2.75, 3.05) is 19.8 Å². The molecule has 1 aliphatic carbocycles. The van der Waals surface area contributed by atoms with Gasteiger partial charge >= 0.3 is 0 Å². The van der Waals surface area contributed by atoms with Crippen molar-refractivity contribution in [3.05, 3.63) is 93.4 Å². The summed E-state index contributed by atoms with van der Waals surface area (Å²) in [5, 5.41) is 3.08. The number of carbonyl (C=O) groups excluding carboxylic acids is 1. The fourth-order valence-corrected chi connectivity index (χ4v) is 5.18. The summed E-state index contributed by atoms with van der Waals surface area (Å²) in [6.07, 6.45) is 5.92. The first-order valence-electron chi connectivity index (χ1n) is 12.0. The van der Waals surface area contributed by atoms with Gasteiger partial charge in [-0.1, -0.05) is 48.7 Å². The Morgan fingerprint density at radius 3 is 2.59 bits per heavy atom. The Hall–Kier alpha value is -3.54. The van der Waals surface area contributed by atoms with Crippen LogP contribution in [-0.2, 0) is 12.0 Å². The average Bonchev–Trinajstić information content (AvgIpc) is 3.34. The zero-order valence-electron chi connectivity index (χ0n) is 19.5. The SMILES string of the molecule is Cc1cccc(Cn2cccc(C(=O)NCC3(c4ccc5c(c4)OCCO5)CCCC3)c2=O)c1. The highest BCUT2D eigenvalue weighted by Crippen LogP contribution is 2.43. The topological polar surface area (TPSA) is 69.6 Å². The number of hydrogen-bond donors (Lipinski definition) is 1. The third kappa shape index (κ3) is 4.45.